The maximum atomic E-state index is 12.8. The van der Waals surface area contributed by atoms with Crippen molar-refractivity contribution < 1.29 is 9.18 Å². The average Bonchev–Trinajstić information content (AvgIpc) is 2.93. The minimum Gasteiger partial charge on any atom is -0.350 e. The van der Waals surface area contributed by atoms with Crippen LogP contribution in [0.25, 0.3) is 11.0 Å². The van der Waals surface area contributed by atoms with Crippen molar-refractivity contribution in [1.82, 2.24) is 15.3 Å². The number of pyridine rings is 1. The van der Waals surface area contributed by atoms with Crippen molar-refractivity contribution in [2.24, 2.45) is 0 Å². The fraction of sp³-hybridized carbons (Fsp3) is 0.125. The molecule has 0 aliphatic carbocycles. The van der Waals surface area contributed by atoms with E-state index >= 15 is 0 Å². The van der Waals surface area contributed by atoms with Gasteiger partial charge in [-0.3, -0.25) is 9.78 Å². The highest BCUT2D eigenvalue weighted by Crippen LogP contribution is 2.11. The minimum absolute atomic E-state index is 0.171. The minimum atomic E-state index is -0.256. The largest absolute Gasteiger partial charge is 0.350 e. The summed E-state index contributed by atoms with van der Waals surface area (Å²) in [7, 11) is 0. The lowest BCUT2D eigenvalue weighted by atomic mass is 10.1. The SMILES string of the molecule is O=C(NCCc1ccc(F)cc1)c1cc2ncccc2[nH]1. The number of carbonyl (C=O) groups excluding carboxylic acids is 1. The summed E-state index contributed by atoms with van der Waals surface area (Å²) in [5.74, 6) is -0.427. The van der Waals surface area contributed by atoms with Gasteiger partial charge < -0.3 is 10.3 Å². The quantitative estimate of drug-likeness (QED) is 0.773. The lowest BCUT2D eigenvalue weighted by molar-refractivity contribution is 0.0950. The molecule has 0 unspecified atom stereocenters. The van der Waals surface area contributed by atoms with Crippen LogP contribution in [0.4, 0.5) is 4.39 Å². The molecule has 0 aliphatic heterocycles. The number of hydrogen-bond donors (Lipinski definition) is 2. The Morgan fingerprint density at radius 1 is 1.24 bits per heavy atom. The van der Waals surface area contributed by atoms with Gasteiger partial charge in [-0.1, -0.05) is 12.1 Å². The Labute approximate surface area is 121 Å². The predicted octanol–water partition coefficient (Wildman–Crippen LogP) is 2.67. The van der Waals surface area contributed by atoms with Gasteiger partial charge in [0.15, 0.2) is 0 Å². The molecule has 0 bridgehead atoms. The van der Waals surface area contributed by atoms with E-state index in [1.165, 1.54) is 12.1 Å². The van der Waals surface area contributed by atoms with Gasteiger partial charge in [0.25, 0.3) is 5.91 Å². The van der Waals surface area contributed by atoms with Crippen LogP contribution in [0.3, 0.4) is 0 Å². The van der Waals surface area contributed by atoms with Gasteiger partial charge in [0, 0.05) is 12.7 Å². The molecule has 0 aliphatic rings. The highest BCUT2D eigenvalue weighted by Gasteiger charge is 2.09. The third kappa shape index (κ3) is 3.08. The number of nitrogens with zero attached hydrogens (tertiary/aromatic N) is 1. The first kappa shape index (κ1) is 13.3. The number of hydrogen-bond acceptors (Lipinski definition) is 2. The van der Waals surface area contributed by atoms with Crippen LogP contribution in [0.15, 0.2) is 48.7 Å². The van der Waals surface area contributed by atoms with Gasteiger partial charge in [-0.05, 0) is 42.3 Å². The number of H-pyrrole nitrogens is 1. The van der Waals surface area contributed by atoms with Gasteiger partial charge in [-0.15, -0.1) is 0 Å². The number of benzene rings is 1. The van der Waals surface area contributed by atoms with Crippen LogP contribution < -0.4 is 5.32 Å². The molecule has 3 aromatic rings. The van der Waals surface area contributed by atoms with E-state index in [0.717, 1.165) is 16.6 Å². The van der Waals surface area contributed by atoms with E-state index in [4.69, 9.17) is 0 Å². The second-order valence-corrected chi connectivity index (χ2v) is 4.75. The molecule has 2 N–H and O–H groups in total. The van der Waals surface area contributed by atoms with E-state index in [0.29, 0.717) is 18.7 Å². The number of carbonyl (C=O) groups is 1. The normalized spacial score (nSPS) is 10.7. The molecular weight excluding hydrogens is 269 g/mol. The molecule has 3 rings (SSSR count). The van der Waals surface area contributed by atoms with Crippen molar-refractivity contribution in [2.75, 3.05) is 6.54 Å². The lowest BCUT2D eigenvalue weighted by Crippen LogP contribution is -2.25. The van der Waals surface area contributed by atoms with Crippen LogP contribution in [-0.4, -0.2) is 22.4 Å². The van der Waals surface area contributed by atoms with Gasteiger partial charge in [0.1, 0.15) is 11.5 Å². The summed E-state index contributed by atoms with van der Waals surface area (Å²) in [5.41, 5.74) is 3.07. The Hall–Kier alpha value is -2.69. The van der Waals surface area contributed by atoms with Crippen LogP contribution in [0.2, 0.25) is 0 Å². The molecule has 21 heavy (non-hydrogen) atoms. The Bertz CT molecular complexity index is 732. The first-order valence-electron chi connectivity index (χ1n) is 6.69. The van der Waals surface area contributed by atoms with E-state index in [-0.39, 0.29) is 11.7 Å². The second kappa shape index (κ2) is 5.75. The van der Waals surface area contributed by atoms with Gasteiger partial charge >= 0.3 is 0 Å². The van der Waals surface area contributed by atoms with Crippen molar-refractivity contribution >= 4 is 16.9 Å². The van der Waals surface area contributed by atoms with Gasteiger partial charge in [-0.2, -0.15) is 0 Å². The molecule has 4 nitrogen and oxygen atoms in total. The van der Waals surface area contributed by atoms with Gasteiger partial charge in [0.05, 0.1) is 11.0 Å². The van der Waals surface area contributed by atoms with Crippen molar-refractivity contribution in [1.29, 1.82) is 0 Å². The molecule has 0 atom stereocenters. The fourth-order valence-electron chi connectivity index (χ4n) is 2.15. The molecule has 0 saturated heterocycles. The van der Waals surface area contributed by atoms with E-state index in [1.807, 2.05) is 12.1 Å². The Morgan fingerprint density at radius 3 is 2.81 bits per heavy atom. The molecule has 0 radical (unpaired) electrons. The van der Waals surface area contributed by atoms with Crippen molar-refractivity contribution in [2.45, 2.75) is 6.42 Å². The highest BCUT2D eigenvalue weighted by atomic mass is 19.1. The third-order valence-electron chi connectivity index (χ3n) is 3.25. The summed E-state index contributed by atoms with van der Waals surface area (Å²) in [6, 6.07) is 11.7. The molecule has 1 amide bonds. The molecule has 0 fully saturated rings. The molecule has 2 heterocycles. The van der Waals surface area contributed by atoms with Gasteiger partial charge in [0.2, 0.25) is 0 Å². The third-order valence-corrected chi connectivity index (χ3v) is 3.25. The molecule has 1 aromatic carbocycles. The molecule has 106 valence electrons. The summed E-state index contributed by atoms with van der Waals surface area (Å²) >= 11 is 0. The van der Waals surface area contributed by atoms with Crippen molar-refractivity contribution in [3.05, 3.63) is 65.7 Å². The zero-order chi connectivity index (χ0) is 14.7. The highest BCUT2D eigenvalue weighted by molar-refractivity contribution is 5.97. The van der Waals surface area contributed by atoms with Crippen LogP contribution in [-0.2, 0) is 6.42 Å². The Kier molecular flexibility index (Phi) is 3.64. The molecule has 0 spiro atoms. The zero-order valence-corrected chi connectivity index (χ0v) is 11.3. The standard InChI is InChI=1S/C16H14FN3O/c17-12-5-3-11(4-6-12)7-9-19-16(21)15-10-14-13(20-15)2-1-8-18-14/h1-6,8,10,20H,7,9H2,(H,19,21). The van der Waals surface area contributed by atoms with Crippen molar-refractivity contribution in [3.8, 4) is 0 Å². The maximum absolute atomic E-state index is 12.8. The molecule has 5 heteroatoms. The van der Waals surface area contributed by atoms with Crippen LogP contribution in [0.1, 0.15) is 16.1 Å². The Morgan fingerprint density at radius 2 is 2.05 bits per heavy atom. The monoisotopic (exact) mass is 283 g/mol. The van der Waals surface area contributed by atoms with E-state index < -0.39 is 0 Å². The number of aromatic amines is 1. The van der Waals surface area contributed by atoms with E-state index in [2.05, 4.69) is 15.3 Å². The summed E-state index contributed by atoms with van der Waals surface area (Å²) in [6.07, 6.45) is 2.34. The first-order chi connectivity index (χ1) is 10.2. The maximum Gasteiger partial charge on any atom is 0.267 e. The average molecular weight is 283 g/mol. The second-order valence-electron chi connectivity index (χ2n) is 4.75. The van der Waals surface area contributed by atoms with E-state index in [9.17, 15) is 9.18 Å². The summed E-state index contributed by atoms with van der Waals surface area (Å²) < 4.78 is 12.8. The number of aromatic nitrogens is 2. The number of halogens is 1. The van der Waals surface area contributed by atoms with Crippen LogP contribution >= 0.6 is 0 Å². The number of nitrogens with one attached hydrogen (secondary N) is 2. The van der Waals surface area contributed by atoms with Crippen molar-refractivity contribution in [3.63, 3.8) is 0 Å². The first-order valence-corrected chi connectivity index (χ1v) is 6.69. The zero-order valence-electron chi connectivity index (χ0n) is 11.3. The number of amides is 1. The Balaban J connectivity index is 1.60. The van der Waals surface area contributed by atoms with Crippen LogP contribution in [0, 0.1) is 5.82 Å². The lowest BCUT2D eigenvalue weighted by Gasteiger charge is -2.04. The smallest absolute Gasteiger partial charge is 0.267 e. The molecular formula is C16H14FN3O. The van der Waals surface area contributed by atoms with Gasteiger partial charge in [-0.25, -0.2) is 4.39 Å². The van der Waals surface area contributed by atoms with E-state index in [1.54, 1.807) is 24.4 Å². The predicted molar refractivity (Wildman–Crippen MR) is 78.5 cm³/mol. The number of rotatable bonds is 4. The molecule has 0 saturated carbocycles. The number of fused-ring (bicyclic) bond motifs is 1. The van der Waals surface area contributed by atoms with Crippen LogP contribution in [0.5, 0.6) is 0 Å². The fourth-order valence-corrected chi connectivity index (χ4v) is 2.15. The summed E-state index contributed by atoms with van der Waals surface area (Å²) in [5, 5.41) is 2.83. The topological polar surface area (TPSA) is 57.8 Å². The summed E-state index contributed by atoms with van der Waals surface area (Å²) in [6.45, 7) is 0.493. The summed E-state index contributed by atoms with van der Waals surface area (Å²) in [4.78, 5) is 19.2. The molecule has 2 aromatic heterocycles.